The summed E-state index contributed by atoms with van der Waals surface area (Å²) in [7, 11) is -0.970. The molecule has 578 valence electrons. The number of piperazine rings is 3. The molecule has 3 aliphatic rings. The lowest BCUT2D eigenvalue weighted by molar-refractivity contribution is -0.605. The van der Waals surface area contributed by atoms with E-state index in [1.807, 2.05) is 4.90 Å². The van der Waals surface area contributed by atoms with Crippen LogP contribution in [0, 0.1) is 22.8 Å². The van der Waals surface area contributed by atoms with Crippen molar-refractivity contribution >= 4 is 202 Å². The summed E-state index contributed by atoms with van der Waals surface area (Å²) in [6, 6.07) is 9.01. The molecule has 11 rings (SSSR count). The summed E-state index contributed by atoms with van der Waals surface area (Å²) in [6.45, 7) is 14.7. The van der Waals surface area contributed by atoms with Crippen molar-refractivity contribution in [1.29, 1.82) is 0 Å². The maximum atomic E-state index is 12.9. The zero-order valence-corrected chi connectivity index (χ0v) is 67.8. The zero-order chi connectivity index (χ0) is 78.4. The Morgan fingerprint density at radius 1 is 0.571 bits per heavy atom. The third-order valence-electron chi connectivity index (χ3n) is 12.0. The Morgan fingerprint density at radius 3 is 1.30 bits per heavy atom. The van der Waals surface area contributed by atoms with Gasteiger partial charge in [-0.2, -0.15) is 9.04 Å². The van der Waals surface area contributed by atoms with E-state index in [-0.39, 0.29) is 35.2 Å². The van der Waals surface area contributed by atoms with Crippen LogP contribution < -0.4 is 30.5 Å². The lowest BCUT2D eigenvalue weighted by atomic mass is 10.1. The molecule has 32 nitrogen and oxygen atoms in total. The molecule has 47 heteroatoms. The molecule has 0 amide bonds. The molecule has 0 unspecified atom stereocenters. The molecule has 3 aliphatic heterocycles. The van der Waals surface area contributed by atoms with Crippen LogP contribution in [0.25, 0.3) is 0 Å². The molecule has 8 aromatic rings. The van der Waals surface area contributed by atoms with Crippen LogP contribution in [0.4, 0.5) is 11.6 Å². The van der Waals surface area contributed by atoms with Crippen molar-refractivity contribution in [3.63, 3.8) is 0 Å². The molecule has 0 radical (unpaired) electrons. The van der Waals surface area contributed by atoms with Crippen molar-refractivity contribution in [3.8, 4) is 0 Å². The maximum Gasteiger partial charge on any atom is 0.339 e. The predicted octanol–water partition coefficient (Wildman–Crippen LogP) is 11.5. The lowest BCUT2D eigenvalue weighted by Gasteiger charge is -2.34. The van der Waals surface area contributed by atoms with Gasteiger partial charge in [0.15, 0.2) is 11.3 Å². The Bertz CT molecular complexity index is 3970. The van der Waals surface area contributed by atoms with Gasteiger partial charge < -0.3 is 45.9 Å². The molecule has 9 heterocycles. The summed E-state index contributed by atoms with van der Waals surface area (Å²) >= 11 is 54.2. The van der Waals surface area contributed by atoms with E-state index in [0.717, 1.165) is 79.9 Å². The number of nitrogens with zero attached hydrogens (tertiary/aromatic N) is 15. The Balaban J connectivity index is 0.00000121. The minimum atomic E-state index is -3.76. The molecule has 0 atom stereocenters. The van der Waals surface area contributed by atoms with Gasteiger partial charge in [0.1, 0.15) is 46.3 Å². The van der Waals surface area contributed by atoms with E-state index >= 15 is 0 Å². The van der Waals surface area contributed by atoms with Gasteiger partial charge >= 0.3 is 17.1 Å². The van der Waals surface area contributed by atoms with E-state index in [1.165, 1.54) is 85.3 Å². The highest BCUT2D eigenvalue weighted by Gasteiger charge is 2.30. The molecule has 3 fully saturated rings. The fraction of sp³-hybridized carbons (Fsp3) is 0.328. The second kappa shape index (κ2) is 55.0. The van der Waals surface area contributed by atoms with Gasteiger partial charge in [0, 0.05) is 109 Å². The van der Waals surface area contributed by atoms with Crippen molar-refractivity contribution in [1.82, 2.24) is 75.1 Å². The van der Waals surface area contributed by atoms with Crippen molar-refractivity contribution in [2.75, 3.05) is 95.4 Å². The van der Waals surface area contributed by atoms with Gasteiger partial charge in [-0.05, 0) is 117 Å². The first-order valence-corrected chi connectivity index (χ1v) is 40.8. The Hall–Kier alpha value is -5.46. The number of carbonyl (C=O) groups excluding carboxylic acids is 1. The van der Waals surface area contributed by atoms with Crippen molar-refractivity contribution in [2.45, 2.75) is 50.8 Å². The van der Waals surface area contributed by atoms with Crippen LogP contribution in [0.3, 0.4) is 0 Å². The monoisotopic (exact) mass is 1850 g/mol. The number of aromatic nitrogens is 12. The Kier molecular flexibility index (Phi) is 52.2. The van der Waals surface area contributed by atoms with E-state index in [1.54, 1.807) is 63.2 Å². The molecule has 6 aromatic heterocycles. The first kappa shape index (κ1) is 99.5. The fourth-order valence-electron chi connectivity index (χ4n) is 7.35. The lowest BCUT2D eigenvalue weighted by Crippen LogP contribution is -2.49. The van der Waals surface area contributed by atoms with E-state index in [2.05, 4.69) is 137 Å². The SMILES string of the molecule is C.C1CNCCN1.CC(=O)O.COC(=O)Cc1cc(S(=O)(=O)Cl)ccc1C.Cc1ccc(S(=O)(=O)N2CCN(c3cnc(Cl)cn3)CC2)cc1CC(=O)O.Clc1cnc(Cl)cn1.Clc1cnc(I)cn1.Clc1cnc(N2CCNCC2)cn1.Clc1cnccn1.O=P(Cl)(Cl)Cl.OO.[O-][n+]1ccnc(Cl)c1. The van der Waals surface area contributed by atoms with E-state index in [0.29, 0.717) is 78.8 Å². The molecule has 105 heavy (non-hydrogen) atoms. The van der Waals surface area contributed by atoms with Crippen LogP contribution in [0.1, 0.15) is 36.6 Å². The van der Waals surface area contributed by atoms with Gasteiger partial charge in [-0.25, -0.2) is 66.7 Å². The first-order valence-electron chi connectivity index (χ1n) is 28.9. The first-order chi connectivity index (χ1) is 49.0. The van der Waals surface area contributed by atoms with Gasteiger partial charge in [0.05, 0.1) is 91.7 Å². The van der Waals surface area contributed by atoms with E-state index < -0.39 is 42.2 Å². The Labute approximate surface area is 673 Å². The topological polar surface area (TPSA) is 441 Å². The molecule has 2 aromatic carbocycles. The van der Waals surface area contributed by atoms with Crippen molar-refractivity contribution < 1.29 is 66.0 Å². The van der Waals surface area contributed by atoms with E-state index in [9.17, 15) is 36.2 Å². The summed E-state index contributed by atoms with van der Waals surface area (Å²) in [5.74, 6) is -0.695. The number of carboxylic acids is 2. The molecule has 3 saturated heterocycles. The number of methoxy groups -OCH3 is 1. The summed E-state index contributed by atoms with van der Waals surface area (Å²) in [5, 5.41) is 47.7. The highest BCUT2D eigenvalue weighted by atomic mass is 127. The molecular weight excluding hydrogens is 1780 g/mol. The van der Waals surface area contributed by atoms with Crippen molar-refractivity contribution in [3.05, 3.63) is 190 Å². The number of rotatable bonds is 9. The average Bonchev–Trinajstić information content (AvgIpc) is 0.791. The van der Waals surface area contributed by atoms with Crippen LogP contribution in [-0.4, -0.2) is 200 Å². The van der Waals surface area contributed by atoms with Crippen LogP contribution in [-0.2, 0) is 55.6 Å². The molecular formula is C58H71Cl11IN18O14PS2. The number of anilines is 2. The molecule has 0 bridgehead atoms. The zero-order valence-electron chi connectivity index (χ0n) is 54.8. The second-order valence-corrected chi connectivity index (χ2v) is 34.4. The Morgan fingerprint density at radius 2 is 0.962 bits per heavy atom. The van der Waals surface area contributed by atoms with E-state index in [4.69, 9.17) is 117 Å². The highest BCUT2D eigenvalue weighted by molar-refractivity contribution is 14.1. The third kappa shape index (κ3) is 47.8. The van der Waals surface area contributed by atoms with Gasteiger partial charge in [0.2, 0.25) is 16.2 Å². The third-order valence-corrected chi connectivity index (χ3v) is 17.2. The van der Waals surface area contributed by atoms with Crippen LogP contribution >= 0.6 is 153 Å². The highest BCUT2D eigenvalue weighted by Crippen LogP contribution is 2.61. The van der Waals surface area contributed by atoms with Crippen LogP contribution in [0.15, 0.2) is 133 Å². The summed E-state index contributed by atoms with van der Waals surface area (Å²) < 4.78 is 65.0. The summed E-state index contributed by atoms with van der Waals surface area (Å²) in [5.41, 5.74) is 2.66. The van der Waals surface area contributed by atoms with Gasteiger partial charge in [-0.1, -0.05) is 101 Å². The smallest absolute Gasteiger partial charge is 0.339 e. The second-order valence-electron chi connectivity index (χ2n) is 19.5. The van der Waals surface area contributed by atoms with Gasteiger partial charge in [0.25, 0.3) is 15.0 Å². The number of esters is 1. The minimum Gasteiger partial charge on any atom is -0.619 e. The minimum absolute atomic E-state index is 0. The summed E-state index contributed by atoms with van der Waals surface area (Å²) in [4.78, 5) is 77.6. The number of nitrogens with one attached hydrogen (secondary N) is 3. The quantitative estimate of drug-likeness (QED) is 0.0103. The number of carbonyl (C=O) groups is 3. The number of ether oxygens (including phenoxy) is 1. The number of benzene rings is 2. The predicted molar refractivity (Wildman–Crippen MR) is 416 cm³/mol. The van der Waals surface area contributed by atoms with Crippen molar-refractivity contribution in [2.24, 2.45) is 0 Å². The van der Waals surface area contributed by atoms with Crippen LogP contribution in [0.2, 0.25) is 36.1 Å². The van der Waals surface area contributed by atoms with Gasteiger partial charge in [-0.3, -0.25) is 34.4 Å². The standard InChI is InChI=1S/C17H19ClN4O4S.C10H11ClO4S.C8H11ClN4.C4H2Cl2N2.C4H2ClIN2.C4H3ClN2O.C4H3ClN2.C4H10N2.C2H4O2.CH4.Cl3OP.H2O2/c1-12-2-3-14(8-13(12)9-17(23)24)27(25,26)22-6-4-21(5-7-22)16-11-19-15(18)10-20-16;1-7-3-4-9(16(11,13)14)5-8(7)6-10(12)15-2;9-7-5-12-8(6-11-7)13-3-1-10-2-4-13;5-3-1-7-4(6)2-8-3;5-3-1-8-4(6)2-7-3;5-4-3-7(8)2-1-6-4;5-4-3-6-1-2-7-4;1-2-6-4-3-5-1;1-2(3)4;;1-5(2,3)4;1-2/h2-3,8,10-11H,4-7,9H2,1H3,(H,23,24);3-5H,6H2,1-2H3;5-6,10H,1-4H2;2*1-2H;1-3H;1-3H;5-6H,1-4H2;1H3,(H,3,4);1H4;;1-2H. The number of halogens is 12. The molecule has 7 N–H and O–H groups in total. The number of hydrogen-bond donors (Lipinski definition) is 7. The number of aryl methyl sites for hydroxylation is 2. The number of sulfonamides is 1. The fourth-order valence-corrected chi connectivity index (χ4v) is 10.7. The summed E-state index contributed by atoms with van der Waals surface area (Å²) in [6.07, 6.45) is 20.5. The van der Waals surface area contributed by atoms with Crippen LogP contribution in [0.5, 0.6) is 0 Å². The molecule has 0 aliphatic carbocycles. The molecule has 0 saturated carbocycles. The molecule has 0 spiro atoms. The largest absolute Gasteiger partial charge is 0.619 e. The number of carboxylic acid groups (broad SMARTS) is 2. The number of aliphatic carboxylic acids is 2. The maximum absolute atomic E-state index is 12.9. The average molecular weight is 1860 g/mol. The van der Waals surface area contributed by atoms with Gasteiger partial charge in [-0.15, -0.1) is 0 Å². The normalized spacial score (nSPS) is 12.8. The number of hydrogen-bond acceptors (Lipinski definition) is 28.